The van der Waals surface area contributed by atoms with Crippen LogP contribution in [0.15, 0.2) is 48.5 Å². The fourth-order valence-corrected chi connectivity index (χ4v) is 1.79. The first-order chi connectivity index (χ1) is 9.24. The van der Waals surface area contributed by atoms with Gasteiger partial charge in [0.2, 0.25) is 0 Å². The number of nitrogens with two attached hydrogens (primary N) is 3. The lowest BCUT2D eigenvalue weighted by Gasteiger charge is -2.12. The standard InChI is InChI=1S/C9H15N3O.C6H6/c10-3-6-1-2-9(13)8(5-12)7(6)4-11;1-2-4-6-5-3-1/h1-2,13H,3-5,10-12H2;1-6H. The predicted molar refractivity (Wildman–Crippen MR) is 78.2 cm³/mol. The first kappa shape index (κ1) is 15.2. The molecule has 0 aliphatic heterocycles. The Morgan fingerprint density at radius 3 is 1.53 bits per heavy atom. The highest BCUT2D eigenvalue weighted by molar-refractivity contribution is 5.44. The van der Waals surface area contributed by atoms with Crippen LogP contribution >= 0.6 is 0 Å². The molecule has 0 unspecified atom stereocenters. The zero-order valence-electron chi connectivity index (χ0n) is 10.9. The monoisotopic (exact) mass is 259 g/mol. The fourth-order valence-electron chi connectivity index (χ4n) is 1.79. The summed E-state index contributed by atoms with van der Waals surface area (Å²) in [7, 11) is 0. The third-order valence-corrected chi connectivity index (χ3v) is 2.80. The third kappa shape index (κ3) is 4.37. The highest BCUT2D eigenvalue weighted by Gasteiger charge is 2.08. The van der Waals surface area contributed by atoms with Crippen molar-refractivity contribution < 1.29 is 5.11 Å². The highest BCUT2D eigenvalue weighted by Crippen LogP contribution is 2.23. The lowest BCUT2D eigenvalue weighted by atomic mass is 10.00. The molecular formula is C15H21N3O. The number of rotatable bonds is 3. The summed E-state index contributed by atoms with van der Waals surface area (Å²) in [5, 5.41) is 9.47. The van der Waals surface area contributed by atoms with Crippen molar-refractivity contribution in [2.75, 3.05) is 0 Å². The minimum Gasteiger partial charge on any atom is -0.508 e. The minimum absolute atomic E-state index is 0.195. The van der Waals surface area contributed by atoms with Gasteiger partial charge in [-0.2, -0.15) is 0 Å². The maximum atomic E-state index is 9.47. The summed E-state index contributed by atoms with van der Waals surface area (Å²) < 4.78 is 0. The van der Waals surface area contributed by atoms with Crippen LogP contribution in [0.4, 0.5) is 0 Å². The van der Waals surface area contributed by atoms with E-state index in [4.69, 9.17) is 17.2 Å². The average Bonchev–Trinajstić information content (AvgIpc) is 2.49. The molecule has 0 aromatic heterocycles. The van der Waals surface area contributed by atoms with Crippen LogP contribution in [-0.2, 0) is 19.6 Å². The summed E-state index contributed by atoms with van der Waals surface area (Å²) in [5.41, 5.74) is 19.1. The molecule has 4 nitrogen and oxygen atoms in total. The molecule has 2 aromatic carbocycles. The van der Waals surface area contributed by atoms with Gasteiger partial charge in [0.05, 0.1) is 0 Å². The van der Waals surface area contributed by atoms with Gasteiger partial charge in [0.25, 0.3) is 0 Å². The Hall–Kier alpha value is -1.88. The van der Waals surface area contributed by atoms with Gasteiger partial charge in [-0.05, 0) is 17.2 Å². The molecule has 0 aliphatic rings. The topological polar surface area (TPSA) is 98.3 Å². The van der Waals surface area contributed by atoms with E-state index < -0.39 is 0 Å². The summed E-state index contributed by atoms with van der Waals surface area (Å²) in [6, 6.07) is 15.4. The van der Waals surface area contributed by atoms with Crippen LogP contribution in [0.3, 0.4) is 0 Å². The van der Waals surface area contributed by atoms with Crippen molar-refractivity contribution in [2.45, 2.75) is 19.6 Å². The van der Waals surface area contributed by atoms with E-state index in [1.54, 1.807) is 12.1 Å². The van der Waals surface area contributed by atoms with Gasteiger partial charge in [-0.15, -0.1) is 0 Å². The quantitative estimate of drug-likeness (QED) is 0.670. The Morgan fingerprint density at radius 2 is 1.16 bits per heavy atom. The molecule has 0 aliphatic carbocycles. The van der Waals surface area contributed by atoms with E-state index in [2.05, 4.69) is 0 Å². The van der Waals surface area contributed by atoms with Crippen LogP contribution in [0, 0.1) is 0 Å². The largest absolute Gasteiger partial charge is 0.508 e. The van der Waals surface area contributed by atoms with E-state index in [0.29, 0.717) is 18.7 Å². The molecule has 0 saturated carbocycles. The summed E-state index contributed by atoms with van der Waals surface area (Å²) >= 11 is 0. The Bertz CT molecular complexity index is 460. The van der Waals surface area contributed by atoms with Gasteiger partial charge >= 0.3 is 0 Å². The van der Waals surface area contributed by atoms with Gasteiger partial charge in [0, 0.05) is 25.2 Å². The number of aromatic hydroxyl groups is 1. The molecular weight excluding hydrogens is 238 g/mol. The number of phenols is 1. The number of phenolic OH excluding ortho intramolecular Hbond substituents is 1. The Kier molecular flexibility index (Phi) is 6.60. The van der Waals surface area contributed by atoms with Gasteiger partial charge in [-0.1, -0.05) is 42.5 Å². The normalized spacial score (nSPS) is 9.63. The van der Waals surface area contributed by atoms with Crippen molar-refractivity contribution in [1.29, 1.82) is 0 Å². The highest BCUT2D eigenvalue weighted by atomic mass is 16.3. The lowest BCUT2D eigenvalue weighted by Crippen LogP contribution is -2.11. The van der Waals surface area contributed by atoms with Crippen molar-refractivity contribution in [1.82, 2.24) is 0 Å². The van der Waals surface area contributed by atoms with Crippen LogP contribution in [0.1, 0.15) is 16.7 Å². The predicted octanol–water partition coefficient (Wildman–Crippen LogP) is 1.45. The SMILES string of the molecule is NCc1ccc(O)c(CN)c1CN.c1ccccc1. The second-order valence-corrected chi connectivity index (χ2v) is 3.97. The Balaban J connectivity index is 0.000000250. The zero-order chi connectivity index (χ0) is 14.1. The second kappa shape index (κ2) is 8.26. The maximum absolute atomic E-state index is 9.47. The van der Waals surface area contributed by atoms with Crippen molar-refractivity contribution in [3.8, 4) is 5.75 Å². The number of benzene rings is 2. The summed E-state index contributed by atoms with van der Waals surface area (Å²) in [4.78, 5) is 0. The van der Waals surface area contributed by atoms with E-state index in [1.165, 1.54) is 0 Å². The fraction of sp³-hybridized carbons (Fsp3) is 0.200. The molecule has 19 heavy (non-hydrogen) atoms. The van der Waals surface area contributed by atoms with E-state index >= 15 is 0 Å². The van der Waals surface area contributed by atoms with Gasteiger partial charge < -0.3 is 22.3 Å². The summed E-state index contributed by atoms with van der Waals surface area (Å²) in [5.74, 6) is 0.195. The number of hydrogen-bond acceptors (Lipinski definition) is 4. The molecule has 0 fully saturated rings. The van der Waals surface area contributed by atoms with E-state index in [1.807, 2.05) is 36.4 Å². The molecule has 7 N–H and O–H groups in total. The van der Waals surface area contributed by atoms with Crippen molar-refractivity contribution >= 4 is 0 Å². The van der Waals surface area contributed by atoms with Gasteiger partial charge in [0.1, 0.15) is 5.75 Å². The van der Waals surface area contributed by atoms with Crippen LogP contribution in [0.2, 0.25) is 0 Å². The number of hydrogen-bond donors (Lipinski definition) is 4. The van der Waals surface area contributed by atoms with Gasteiger partial charge in [-0.25, -0.2) is 0 Å². The van der Waals surface area contributed by atoms with Crippen molar-refractivity contribution in [2.24, 2.45) is 17.2 Å². The Morgan fingerprint density at radius 1 is 0.684 bits per heavy atom. The molecule has 2 rings (SSSR count). The lowest BCUT2D eigenvalue weighted by molar-refractivity contribution is 0.467. The molecule has 102 valence electrons. The molecule has 4 heteroatoms. The molecule has 0 atom stereocenters. The molecule has 0 heterocycles. The average molecular weight is 259 g/mol. The minimum atomic E-state index is 0.195. The molecule has 0 radical (unpaired) electrons. The van der Waals surface area contributed by atoms with Crippen LogP contribution in [0.5, 0.6) is 5.75 Å². The first-order valence-electron chi connectivity index (χ1n) is 6.17. The van der Waals surface area contributed by atoms with Gasteiger partial charge in [-0.3, -0.25) is 0 Å². The van der Waals surface area contributed by atoms with E-state index in [0.717, 1.165) is 11.1 Å². The first-order valence-corrected chi connectivity index (χ1v) is 6.17. The molecule has 0 amide bonds. The van der Waals surface area contributed by atoms with Gasteiger partial charge in [0.15, 0.2) is 0 Å². The smallest absolute Gasteiger partial charge is 0.120 e. The molecule has 2 aromatic rings. The van der Waals surface area contributed by atoms with Crippen LogP contribution < -0.4 is 17.2 Å². The summed E-state index contributed by atoms with van der Waals surface area (Å²) in [6.07, 6.45) is 0. The molecule has 0 saturated heterocycles. The molecule has 0 spiro atoms. The van der Waals surface area contributed by atoms with Crippen LogP contribution in [0.25, 0.3) is 0 Å². The second-order valence-electron chi connectivity index (χ2n) is 3.97. The Labute approximate surface area is 113 Å². The maximum Gasteiger partial charge on any atom is 0.120 e. The van der Waals surface area contributed by atoms with Crippen molar-refractivity contribution in [3.63, 3.8) is 0 Å². The van der Waals surface area contributed by atoms with Crippen LogP contribution in [-0.4, -0.2) is 5.11 Å². The van der Waals surface area contributed by atoms with Crippen molar-refractivity contribution in [3.05, 3.63) is 65.2 Å². The van der Waals surface area contributed by atoms with E-state index in [-0.39, 0.29) is 12.3 Å². The zero-order valence-corrected chi connectivity index (χ0v) is 10.9. The third-order valence-electron chi connectivity index (χ3n) is 2.80. The summed E-state index contributed by atoms with van der Waals surface area (Å²) in [6.45, 7) is 1.06. The molecule has 0 bridgehead atoms. The van der Waals surface area contributed by atoms with E-state index in [9.17, 15) is 5.11 Å².